The van der Waals surface area contributed by atoms with E-state index in [1.165, 1.54) is 4.90 Å². The maximum absolute atomic E-state index is 13.2. The lowest BCUT2D eigenvalue weighted by molar-refractivity contribution is -0.286. The second-order valence-electron chi connectivity index (χ2n) is 8.39. The Morgan fingerprint density at radius 1 is 1.00 bits per heavy atom. The first-order valence-corrected chi connectivity index (χ1v) is 8.98. The molecule has 9 heteroatoms. The molecule has 3 aliphatic rings. The number of rotatable bonds is 1. The highest BCUT2D eigenvalue weighted by molar-refractivity contribution is 5.72. The molecule has 0 N–H and O–H groups in total. The third-order valence-corrected chi connectivity index (χ3v) is 5.31. The van der Waals surface area contributed by atoms with Gasteiger partial charge < -0.3 is 14.4 Å². The van der Waals surface area contributed by atoms with Gasteiger partial charge in [0.15, 0.2) is 0 Å². The lowest BCUT2D eigenvalue weighted by Crippen LogP contribution is -2.61. The molecule has 2 bridgehead atoms. The number of piperazine rings is 1. The van der Waals surface area contributed by atoms with Crippen LogP contribution in [0.15, 0.2) is 0 Å². The van der Waals surface area contributed by atoms with Gasteiger partial charge in [0, 0.05) is 13.1 Å². The summed E-state index contributed by atoms with van der Waals surface area (Å²) < 4.78 is 49.9. The number of halogens is 3. The Labute approximate surface area is 150 Å². The number of nitrogens with zero attached hydrogens (tertiary/aromatic N) is 2. The molecule has 2 amide bonds. The molecule has 3 fully saturated rings. The Morgan fingerprint density at radius 3 is 1.92 bits per heavy atom. The number of likely N-dealkylation sites (tertiary alicyclic amines) is 1. The average Bonchev–Trinajstić information content (AvgIpc) is 2.70. The first-order chi connectivity index (χ1) is 11.9. The SMILES string of the molecule is CC(C)(C)OC(=O)N1C2CCC1CN(C(=O)OC1(C(F)(F)F)CCC1)C2. The van der Waals surface area contributed by atoms with Crippen LogP contribution in [-0.2, 0) is 9.47 Å². The average molecular weight is 378 g/mol. The van der Waals surface area contributed by atoms with Gasteiger partial charge in [0.2, 0.25) is 5.60 Å². The highest BCUT2D eigenvalue weighted by atomic mass is 19.4. The molecule has 0 spiro atoms. The molecule has 148 valence electrons. The van der Waals surface area contributed by atoms with E-state index < -0.39 is 29.6 Å². The van der Waals surface area contributed by atoms with E-state index in [9.17, 15) is 22.8 Å². The predicted molar refractivity (Wildman–Crippen MR) is 85.6 cm³/mol. The molecule has 0 radical (unpaired) electrons. The van der Waals surface area contributed by atoms with Crippen molar-refractivity contribution in [3.8, 4) is 0 Å². The van der Waals surface area contributed by atoms with E-state index in [4.69, 9.17) is 9.47 Å². The first kappa shape index (κ1) is 19.1. The van der Waals surface area contributed by atoms with Crippen molar-refractivity contribution in [2.75, 3.05) is 13.1 Å². The third kappa shape index (κ3) is 3.44. The summed E-state index contributed by atoms with van der Waals surface area (Å²) in [4.78, 5) is 27.7. The van der Waals surface area contributed by atoms with Crippen molar-refractivity contribution in [1.29, 1.82) is 0 Å². The van der Waals surface area contributed by atoms with Gasteiger partial charge in [-0.1, -0.05) is 0 Å². The smallest absolute Gasteiger partial charge is 0.428 e. The fourth-order valence-corrected chi connectivity index (χ4v) is 3.84. The molecule has 0 aromatic carbocycles. The normalized spacial score (nSPS) is 27.8. The summed E-state index contributed by atoms with van der Waals surface area (Å²) in [5.74, 6) is 0. The standard InChI is InChI=1S/C17H25F3N2O4/c1-15(2,3)25-14(24)22-11-5-6-12(22)10-21(9-11)13(23)26-16(7-4-8-16)17(18,19)20/h11-12H,4-10H2,1-3H3. The molecule has 3 rings (SSSR count). The molecule has 0 aromatic heterocycles. The zero-order valence-corrected chi connectivity index (χ0v) is 15.3. The van der Waals surface area contributed by atoms with E-state index in [0.29, 0.717) is 19.3 Å². The fourth-order valence-electron chi connectivity index (χ4n) is 3.84. The van der Waals surface area contributed by atoms with Gasteiger partial charge in [-0.15, -0.1) is 0 Å². The summed E-state index contributed by atoms with van der Waals surface area (Å²) in [5.41, 5.74) is -2.97. The topological polar surface area (TPSA) is 59.1 Å². The van der Waals surface area contributed by atoms with Gasteiger partial charge in [0.1, 0.15) is 5.60 Å². The van der Waals surface area contributed by atoms with E-state index >= 15 is 0 Å². The Hall–Kier alpha value is -1.67. The Bertz CT molecular complexity index is 570. The molecule has 1 aliphatic carbocycles. The van der Waals surface area contributed by atoms with Crippen molar-refractivity contribution in [1.82, 2.24) is 9.80 Å². The lowest BCUT2D eigenvalue weighted by Gasteiger charge is -2.45. The molecule has 2 aliphatic heterocycles. The summed E-state index contributed by atoms with van der Waals surface area (Å²) in [5, 5.41) is 0. The molecular formula is C17H25F3N2O4. The molecule has 2 atom stereocenters. The van der Waals surface area contributed by atoms with Gasteiger partial charge in [0.05, 0.1) is 12.1 Å². The number of ether oxygens (including phenoxy) is 2. The number of alkyl halides is 3. The Morgan fingerprint density at radius 2 is 1.54 bits per heavy atom. The lowest BCUT2D eigenvalue weighted by atomic mass is 9.79. The maximum atomic E-state index is 13.2. The first-order valence-electron chi connectivity index (χ1n) is 8.98. The summed E-state index contributed by atoms with van der Waals surface area (Å²) >= 11 is 0. The van der Waals surface area contributed by atoms with E-state index in [1.807, 2.05) is 0 Å². The van der Waals surface area contributed by atoms with Crippen molar-refractivity contribution in [2.24, 2.45) is 0 Å². The number of hydrogen-bond donors (Lipinski definition) is 0. The molecule has 1 saturated carbocycles. The number of amides is 2. The monoisotopic (exact) mass is 378 g/mol. The van der Waals surface area contributed by atoms with Crippen molar-refractivity contribution in [2.45, 2.75) is 82.3 Å². The summed E-state index contributed by atoms with van der Waals surface area (Å²) in [6.45, 7) is 5.66. The second kappa shape index (κ2) is 6.20. The number of fused-ring (bicyclic) bond motifs is 2. The van der Waals surface area contributed by atoms with Gasteiger partial charge in [0.25, 0.3) is 0 Å². The van der Waals surface area contributed by atoms with Crippen molar-refractivity contribution < 1.29 is 32.2 Å². The number of carbonyl (C=O) groups is 2. The molecule has 2 heterocycles. The molecule has 0 aromatic rings. The van der Waals surface area contributed by atoms with Crippen LogP contribution < -0.4 is 0 Å². The van der Waals surface area contributed by atoms with Gasteiger partial charge in [-0.05, 0) is 52.9 Å². The zero-order valence-electron chi connectivity index (χ0n) is 15.3. The van der Waals surface area contributed by atoms with Crippen LogP contribution >= 0.6 is 0 Å². The summed E-state index contributed by atoms with van der Waals surface area (Å²) in [7, 11) is 0. The molecule has 26 heavy (non-hydrogen) atoms. The van der Waals surface area contributed by atoms with Gasteiger partial charge in [-0.3, -0.25) is 4.90 Å². The van der Waals surface area contributed by atoms with Crippen LogP contribution in [-0.4, -0.2) is 64.5 Å². The minimum Gasteiger partial charge on any atom is -0.444 e. The highest BCUT2D eigenvalue weighted by Crippen LogP contribution is 2.48. The quantitative estimate of drug-likeness (QED) is 0.698. The predicted octanol–water partition coefficient (Wildman–Crippen LogP) is 3.69. The Balaban J connectivity index is 1.64. The van der Waals surface area contributed by atoms with Crippen molar-refractivity contribution >= 4 is 12.2 Å². The maximum Gasteiger partial charge on any atom is 0.428 e. The van der Waals surface area contributed by atoms with Crippen LogP contribution in [0.2, 0.25) is 0 Å². The molecular weight excluding hydrogens is 353 g/mol. The van der Waals surface area contributed by atoms with Crippen LogP contribution in [0.3, 0.4) is 0 Å². The highest BCUT2D eigenvalue weighted by Gasteiger charge is 2.62. The Kier molecular flexibility index (Phi) is 4.55. The molecule has 6 nitrogen and oxygen atoms in total. The van der Waals surface area contributed by atoms with Crippen LogP contribution in [0.5, 0.6) is 0 Å². The molecule has 2 saturated heterocycles. The van der Waals surface area contributed by atoms with Crippen molar-refractivity contribution in [3.63, 3.8) is 0 Å². The zero-order chi connectivity index (χ0) is 19.3. The summed E-state index contributed by atoms with van der Waals surface area (Å²) in [6, 6.07) is -0.501. The van der Waals surface area contributed by atoms with Crippen LogP contribution in [0.25, 0.3) is 0 Å². The third-order valence-electron chi connectivity index (χ3n) is 5.31. The van der Waals surface area contributed by atoms with E-state index in [0.717, 1.165) is 0 Å². The van der Waals surface area contributed by atoms with E-state index in [1.54, 1.807) is 25.7 Å². The van der Waals surface area contributed by atoms with Crippen molar-refractivity contribution in [3.05, 3.63) is 0 Å². The number of carbonyl (C=O) groups excluding carboxylic acids is 2. The van der Waals surface area contributed by atoms with E-state index in [2.05, 4.69) is 0 Å². The molecule has 2 unspecified atom stereocenters. The van der Waals surface area contributed by atoms with E-state index in [-0.39, 0.29) is 38.0 Å². The van der Waals surface area contributed by atoms with Gasteiger partial charge in [-0.2, -0.15) is 13.2 Å². The van der Waals surface area contributed by atoms with Crippen LogP contribution in [0.1, 0.15) is 52.9 Å². The minimum atomic E-state index is -4.56. The fraction of sp³-hybridized carbons (Fsp3) is 0.882. The number of hydrogen-bond acceptors (Lipinski definition) is 4. The second-order valence-corrected chi connectivity index (χ2v) is 8.39. The minimum absolute atomic E-state index is 0.169. The summed E-state index contributed by atoms with van der Waals surface area (Å²) in [6.07, 6.45) is -4.54. The van der Waals surface area contributed by atoms with Gasteiger partial charge in [-0.25, -0.2) is 9.59 Å². The van der Waals surface area contributed by atoms with Gasteiger partial charge >= 0.3 is 18.4 Å². The van der Waals surface area contributed by atoms with Crippen LogP contribution in [0, 0.1) is 0 Å². The van der Waals surface area contributed by atoms with Crippen LogP contribution in [0.4, 0.5) is 22.8 Å². The largest absolute Gasteiger partial charge is 0.444 e.